The maximum Gasteiger partial charge on any atom is 0.323 e. The van der Waals surface area contributed by atoms with Crippen LogP contribution in [0.4, 0.5) is 0 Å². The lowest BCUT2D eigenvalue weighted by molar-refractivity contribution is -0.136. The van der Waals surface area contributed by atoms with E-state index >= 15 is 0 Å². The molecule has 16 heavy (non-hydrogen) atoms. The van der Waals surface area contributed by atoms with Crippen molar-refractivity contribution in [2.75, 3.05) is 6.26 Å². The molecule has 0 aromatic heterocycles. The number of sulfonamides is 1. The number of nitrogens with one attached hydrogen (secondary N) is 1. The Morgan fingerprint density at radius 3 is 2.56 bits per heavy atom. The van der Waals surface area contributed by atoms with E-state index in [1.165, 1.54) is 6.92 Å². The Morgan fingerprint density at radius 2 is 2.12 bits per heavy atom. The summed E-state index contributed by atoms with van der Waals surface area (Å²) in [6.07, 6.45) is 4.56. The summed E-state index contributed by atoms with van der Waals surface area (Å²) in [7, 11) is -3.73. The van der Waals surface area contributed by atoms with Crippen molar-refractivity contribution in [3.8, 4) is 0 Å². The highest BCUT2D eigenvalue weighted by atomic mass is 32.2. The van der Waals surface area contributed by atoms with Crippen LogP contribution in [-0.4, -0.2) is 42.3 Å². The molecule has 0 spiro atoms. The van der Waals surface area contributed by atoms with Gasteiger partial charge in [0.05, 0.1) is 0 Å². The molecule has 0 aliphatic heterocycles. The van der Waals surface area contributed by atoms with Gasteiger partial charge in [0.1, 0.15) is 0 Å². The van der Waals surface area contributed by atoms with Gasteiger partial charge in [-0.3, -0.25) is 4.79 Å². The zero-order chi connectivity index (χ0) is 12.3. The standard InChI is InChI=1S/C9H17NO4S2/c1-6(9(11)12)16(13,14)10-7-3-4-8(5-7)15-2/h6-8,10H,3-5H2,1-2H3,(H,11,12). The van der Waals surface area contributed by atoms with E-state index in [0.717, 1.165) is 19.3 Å². The molecule has 0 aromatic rings. The number of hydrogen-bond acceptors (Lipinski definition) is 4. The van der Waals surface area contributed by atoms with Crippen molar-refractivity contribution in [2.45, 2.75) is 42.7 Å². The molecule has 0 aromatic carbocycles. The molecule has 0 bridgehead atoms. The number of carbonyl (C=O) groups is 1. The second kappa shape index (κ2) is 5.37. The molecule has 2 N–H and O–H groups in total. The van der Waals surface area contributed by atoms with Crippen LogP contribution in [0.3, 0.4) is 0 Å². The number of aliphatic carboxylic acids is 1. The minimum atomic E-state index is -3.73. The second-order valence-electron chi connectivity index (χ2n) is 4.01. The highest BCUT2D eigenvalue weighted by Crippen LogP contribution is 2.28. The smallest absolute Gasteiger partial charge is 0.323 e. The van der Waals surface area contributed by atoms with Gasteiger partial charge in [-0.05, 0) is 32.4 Å². The van der Waals surface area contributed by atoms with Crippen LogP contribution < -0.4 is 4.72 Å². The molecule has 1 aliphatic carbocycles. The molecule has 3 atom stereocenters. The monoisotopic (exact) mass is 267 g/mol. The highest BCUT2D eigenvalue weighted by molar-refractivity contribution is 7.99. The average molecular weight is 267 g/mol. The van der Waals surface area contributed by atoms with Gasteiger partial charge in [-0.25, -0.2) is 13.1 Å². The molecule has 1 aliphatic rings. The van der Waals surface area contributed by atoms with Gasteiger partial charge in [0.15, 0.2) is 5.25 Å². The molecule has 0 amide bonds. The van der Waals surface area contributed by atoms with Crippen molar-refractivity contribution in [1.29, 1.82) is 0 Å². The Balaban J connectivity index is 2.58. The van der Waals surface area contributed by atoms with Crippen molar-refractivity contribution in [1.82, 2.24) is 4.72 Å². The fourth-order valence-corrected chi connectivity index (χ4v) is 3.67. The van der Waals surface area contributed by atoms with Crippen molar-refractivity contribution >= 4 is 27.8 Å². The first-order chi connectivity index (χ1) is 7.36. The van der Waals surface area contributed by atoms with E-state index in [1.54, 1.807) is 11.8 Å². The largest absolute Gasteiger partial charge is 0.480 e. The van der Waals surface area contributed by atoms with E-state index in [-0.39, 0.29) is 6.04 Å². The van der Waals surface area contributed by atoms with Crippen LogP contribution in [-0.2, 0) is 14.8 Å². The first-order valence-corrected chi connectivity index (χ1v) is 7.97. The predicted molar refractivity (Wildman–Crippen MR) is 64.1 cm³/mol. The SMILES string of the molecule is CSC1CCC(NS(=O)(=O)C(C)C(=O)O)C1. The van der Waals surface area contributed by atoms with Crippen LogP contribution in [0.2, 0.25) is 0 Å². The molecule has 5 nitrogen and oxygen atoms in total. The fourth-order valence-electron chi connectivity index (χ4n) is 1.73. The quantitative estimate of drug-likeness (QED) is 0.764. The van der Waals surface area contributed by atoms with Gasteiger partial charge >= 0.3 is 5.97 Å². The van der Waals surface area contributed by atoms with Crippen molar-refractivity contribution in [3.63, 3.8) is 0 Å². The van der Waals surface area contributed by atoms with Crippen LogP contribution >= 0.6 is 11.8 Å². The molecule has 0 radical (unpaired) electrons. The first kappa shape index (κ1) is 13.8. The van der Waals surface area contributed by atoms with Crippen LogP contribution in [0, 0.1) is 0 Å². The van der Waals surface area contributed by atoms with Gasteiger partial charge in [-0.15, -0.1) is 0 Å². The predicted octanol–water partition coefficient (Wildman–Crippen LogP) is 0.663. The summed E-state index contributed by atoms with van der Waals surface area (Å²) >= 11 is 1.73. The zero-order valence-corrected chi connectivity index (χ0v) is 11.0. The average Bonchev–Trinajstić information content (AvgIpc) is 2.63. The van der Waals surface area contributed by atoms with Crippen LogP contribution in [0.5, 0.6) is 0 Å². The molecule has 94 valence electrons. The maximum absolute atomic E-state index is 11.6. The lowest BCUT2D eigenvalue weighted by Gasteiger charge is -2.15. The van der Waals surface area contributed by atoms with Crippen molar-refractivity contribution in [3.05, 3.63) is 0 Å². The zero-order valence-electron chi connectivity index (χ0n) is 9.34. The highest BCUT2D eigenvalue weighted by Gasteiger charge is 2.33. The van der Waals surface area contributed by atoms with E-state index in [0.29, 0.717) is 5.25 Å². The first-order valence-electron chi connectivity index (χ1n) is 5.13. The summed E-state index contributed by atoms with van der Waals surface area (Å²) in [5, 5.41) is 7.76. The summed E-state index contributed by atoms with van der Waals surface area (Å²) in [4.78, 5) is 10.6. The van der Waals surface area contributed by atoms with E-state index in [2.05, 4.69) is 4.72 Å². The van der Waals surface area contributed by atoms with Gasteiger partial charge in [-0.1, -0.05) is 0 Å². The minimum Gasteiger partial charge on any atom is -0.480 e. The number of hydrogen-bond donors (Lipinski definition) is 2. The Labute approximate surface area is 100 Å². The van der Waals surface area contributed by atoms with E-state index in [4.69, 9.17) is 5.11 Å². The third-order valence-corrected chi connectivity index (χ3v) is 5.75. The van der Waals surface area contributed by atoms with E-state index in [9.17, 15) is 13.2 Å². The molecule has 0 saturated heterocycles. The number of carboxylic acid groups (broad SMARTS) is 1. The lowest BCUT2D eigenvalue weighted by Crippen LogP contribution is -2.42. The molecule has 1 rings (SSSR count). The Bertz CT molecular complexity index is 355. The fraction of sp³-hybridized carbons (Fsp3) is 0.889. The summed E-state index contributed by atoms with van der Waals surface area (Å²) < 4.78 is 25.7. The van der Waals surface area contributed by atoms with Gasteiger partial charge in [0.2, 0.25) is 10.0 Å². The molecular weight excluding hydrogens is 250 g/mol. The minimum absolute atomic E-state index is 0.107. The Hall–Kier alpha value is -0.270. The van der Waals surface area contributed by atoms with Crippen LogP contribution in [0.15, 0.2) is 0 Å². The Kier molecular flexibility index (Phi) is 4.63. The van der Waals surface area contributed by atoms with E-state index < -0.39 is 21.2 Å². The summed E-state index contributed by atoms with van der Waals surface area (Å²) in [6, 6.07) is -0.107. The third kappa shape index (κ3) is 3.36. The van der Waals surface area contributed by atoms with Crippen molar-refractivity contribution in [2.24, 2.45) is 0 Å². The Morgan fingerprint density at radius 1 is 1.50 bits per heavy atom. The molecule has 7 heteroatoms. The second-order valence-corrected chi connectivity index (χ2v) is 7.18. The van der Waals surface area contributed by atoms with Crippen molar-refractivity contribution < 1.29 is 18.3 Å². The van der Waals surface area contributed by atoms with E-state index in [1.807, 2.05) is 6.26 Å². The van der Waals surface area contributed by atoms with Gasteiger partial charge < -0.3 is 5.11 Å². The van der Waals surface area contributed by atoms with Crippen LogP contribution in [0.1, 0.15) is 26.2 Å². The van der Waals surface area contributed by atoms with Crippen LogP contribution in [0.25, 0.3) is 0 Å². The lowest BCUT2D eigenvalue weighted by atomic mass is 10.3. The molecule has 1 fully saturated rings. The molecule has 0 heterocycles. The van der Waals surface area contributed by atoms with Gasteiger partial charge in [0.25, 0.3) is 0 Å². The maximum atomic E-state index is 11.6. The summed E-state index contributed by atoms with van der Waals surface area (Å²) in [5.41, 5.74) is 0. The topological polar surface area (TPSA) is 83.5 Å². The molecular formula is C9H17NO4S2. The van der Waals surface area contributed by atoms with Gasteiger partial charge in [-0.2, -0.15) is 11.8 Å². The normalized spacial score (nSPS) is 27.9. The molecule has 1 saturated carbocycles. The summed E-state index contributed by atoms with van der Waals surface area (Å²) in [6.45, 7) is 1.19. The third-order valence-electron chi connectivity index (χ3n) is 2.86. The molecule has 3 unspecified atom stereocenters. The van der Waals surface area contributed by atoms with Gasteiger partial charge in [0, 0.05) is 11.3 Å². The summed E-state index contributed by atoms with van der Waals surface area (Å²) in [5.74, 6) is -1.31. The number of thioether (sulfide) groups is 1. The number of carboxylic acids is 1. The number of rotatable bonds is 5.